The predicted octanol–water partition coefficient (Wildman–Crippen LogP) is 4.65. The van der Waals surface area contributed by atoms with Crippen LogP contribution in [0.5, 0.6) is 0 Å². The summed E-state index contributed by atoms with van der Waals surface area (Å²) in [6.45, 7) is 0. The van der Waals surface area contributed by atoms with Crippen LogP contribution in [0, 0.1) is 5.82 Å². The Kier molecular flexibility index (Phi) is 4.10. The summed E-state index contributed by atoms with van der Waals surface area (Å²) in [5, 5.41) is 0. The van der Waals surface area contributed by atoms with E-state index in [1.54, 1.807) is 0 Å². The molecule has 0 amide bonds. The van der Waals surface area contributed by atoms with Gasteiger partial charge in [-0.1, -0.05) is 54.6 Å². The SMILES string of the molecule is O=C(c1ccc(F)cc1)c1ccc(Cc2ccccc2)cc1. The normalized spacial score (nSPS) is 10.4. The number of carbonyl (C=O) groups excluding carboxylic acids is 1. The van der Waals surface area contributed by atoms with Crippen LogP contribution in [0.25, 0.3) is 0 Å². The Balaban J connectivity index is 1.76. The van der Waals surface area contributed by atoms with Crippen LogP contribution in [-0.4, -0.2) is 5.78 Å². The summed E-state index contributed by atoms with van der Waals surface area (Å²) in [4.78, 5) is 12.3. The van der Waals surface area contributed by atoms with Crippen LogP contribution in [0.2, 0.25) is 0 Å². The molecule has 0 aliphatic rings. The molecule has 0 N–H and O–H groups in total. The number of hydrogen-bond donors (Lipinski definition) is 0. The second-order valence-electron chi connectivity index (χ2n) is 5.20. The van der Waals surface area contributed by atoms with Crippen LogP contribution in [0.3, 0.4) is 0 Å². The zero-order valence-electron chi connectivity index (χ0n) is 12.0. The van der Waals surface area contributed by atoms with Crippen molar-refractivity contribution >= 4 is 5.78 Å². The summed E-state index contributed by atoms with van der Waals surface area (Å²) in [7, 11) is 0. The molecule has 0 aromatic heterocycles. The number of ketones is 1. The van der Waals surface area contributed by atoms with Crippen molar-refractivity contribution in [3.05, 3.63) is 107 Å². The van der Waals surface area contributed by atoms with Gasteiger partial charge in [0.05, 0.1) is 0 Å². The van der Waals surface area contributed by atoms with E-state index >= 15 is 0 Å². The Morgan fingerprint density at radius 3 is 1.77 bits per heavy atom. The number of hydrogen-bond acceptors (Lipinski definition) is 1. The molecule has 3 rings (SSSR count). The van der Waals surface area contributed by atoms with Gasteiger partial charge in [-0.2, -0.15) is 0 Å². The first kappa shape index (κ1) is 14.2. The first-order valence-electron chi connectivity index (χ1n) is 7.15. The largest absolute Gasteiger partial charge is 0.289 e. The van der Waals surface area contributed by atoms with E-state index in [0.717, 1.165) is 12.0 Å². The third kappa shape index (κ3) is 3.29. The highest BCUT2D eigenvalue weighted by Gasteiger charge is 2.09. The Hall–Kier alpha value is -2.74. The molecule has 0 atom stereocenters. The number of halogens is 1. The Morgan fingerprint density at radius 2 is 1.18 bits per heavy atom. The predicted molar refractivity (Wildman–Crippen MR) is 85.5 cm³/mol. The van der Waals surface area contributed by atoms with Gasteiger partial charge in [0.25, 0.3) is 0 Å². The Bertz CT molecular complexity index is 759. The van der Waals surface area contributed by atoms with Crippen molar-refractivity contribution in [2.24, 2.45) is 0 Å². The summed E-state index contributed by atoms with van der Waals surface area (Å²) in [5.74, 6) is -0.430. The van der Waals surface area contributed by atoms with E-state index in [4.69, 9.17) is 0 Å². The van der Waals surface area contributed by atoms with E-state index < -0.39 is 0 Å². The molecule has 0 fully saturated rings. The lowest BCUT2D eigenvalue weighted by atomic mass is 9.99. The van der Waals surface area contributed by atoms with Crippen LogP contribution in [0.4, 0.5) is 4.39 Å². The van der Waals surface area contributed by atoms with Gasteiger partial charge in [-0.05, 0) is 41.8 Å². The van der Waals surface area contributed by atoms with Gasteiger partial charge in [0, 0.05) is 11.1 Å². The summed E-state index contributed by atoms with van der Waals surface area (Å²) in [6.07, 6.45) is 0.839. The molecule has 0 spiro atoms. The standard InChI is InChI=1S/C20H15FO/c21-19-12-10-18(11-13-19)20(22)17-8-6-16(7-9-17)14-15-4-2-1-3-5-15/h1-13H,14H2. The molecule has 1 nitrogen and oxygen atoms in total. The zero-order valence-corrected chi connectivity index (χ0v) is 12.0. The second-order valence-corrected chi connectivity index (χ2v) is 5.20. The lowest BCUT2D eigenvalue weighted by molar-refractivity contribution is 0.103. The molecule has 108 valence electrons. The number of benzene rings is 3. The summed E-state index contributed by atoms with van der Waals surface area (Å²) >= 11 is 0. The Morgan fingerprint density at radius 1 is 0.682 bits per heavy atom. The highest BCUT2D eigenvalue weighted by Crippen LogP contribution is 2.14. The second kappa shape index (κ2) is 6.35. The van der Waals surface area contributed by atoms with Gasteiger partial charge in [0.1, 0.15) is 5.82 Å². The summed E-state index contributed by atoms with van der Waals surface area (Å²) in [5.41, 5.74) is 3.50. The molecule has 0 heterocycles. The van der Waals surface area contributed by atoms with Crippen molar-refractivity contribution in [1.82, 2.24) is 0 Å². The molecular formula is C20H15FO. The fraction of sp³-hybridized carbons (Fsp3) is 0.0500. The van der Waals surface area contributed by atoms with Crippen LogP contribution in [0.15, 0.2) is 78.9 Å². The molecule has 0 saturated carbocycles. The maximum Gasteiger partial charge on any atom is 0.193 e. The molecule has 3 aromatic carbocycles. The molecule has 0 radical (unpaired) electrons. The van der Waals surface area contributed by atoms with Gasteiger partial charge in [-0.25, -0.2) is 4.39 Å². The minimum absolute atomic E-state index is 0.0914. The monoisotopic (exact) mass is 290 g/mol. The molecule has 0 aliphatic carbocycles. The first-order chi connectivity index (χ1) is 10.7. The molecule has 22 heavy (non-hydrogen) atoms. The lowest BCUT2D eigenvalue weighted by Crippen LogP contribution is -2.01. The highest BCUT2D eigenvalue weighted by molar-refractivity contribution is 6.08. The van der Waals surface area contributed by atoms with Crippen molar-refractivity contribution < 1.29 is 9.18 Å². The van der Waals surface area contributed by atoms with Crippen molar-refractivity contribution in [3.8, 4) is 0 Å². The smallest absolute Gasteiger partial charge is 0.193 e. The van der Waals surface area contributed by atoms with Crippen LogP contribution >= 0.6 is 0 Å². The maximum atomic E-state index is 12.9. The van der Waals surface area contributed by atoms with E-state index in [0.29, 0.717) is 11.1 Å². The van der Waals surface area contributed by atoms with Crippen molar-refractivity contribution in [2.75, 3.05) is 0 Å². The highest BCUT2D eigenvalue weighted by atomic mass is 19.1. The first-order valence-corrected chi connectivity index (χ1v) is 7.15. The van der Waals surface area contributed by atoms with Gasteiger partial charge in [0.15, 0.2) is 5.78 Å². The third-order valence-electron chi connectivity index (χ3n) is 3.57. The van der Waals surface area contributed by atoms with Crippen LogP contribution in [0.1, 0.15) is 27.0 Å². The molecule has 0 aliphatic heterocycles. The van der Waals surface area contributed by atoms with Gasteiger partial charge in [-0.15, -0.1) is 0 Å². The number of rotatable bonds is 4. The molecule has 0 saturated heterocycles. The fourth-order valence-corrected chi connectivity index (χ4v) is 2.37. The molecule has 0 unspecified atom stereocenters. The molecule has 3 aromatic rings. The minimum atomic E-state index is -0.338. The van der Waals surface area contributed by atoms with Gasteiger partial charge in [-0.3, -0.25) is 4.79 Å². The van der Waals surface area contributed by atoms with E-state index in [-0.39, 0.29) is 11.6 Å². The Labute approximate surface area is 129 Å². The van der Waals surface area contributed by atoms with Gasteiger partial charge >= 0.3 is 0 Å². The van der Waals surface area contributed by atoms with Gasteiger partial charge < -0.3 is 0 Å². The van der Waals surface area contributed by atoms with Crippen LogP contribution < -0.4 is 0 Å². The van der Waals surface area contributed by atoms with Crippen molar-refractivity contribution in [2.45, 2.75) is 6.42 Å². The molecular weight excluding hydrogens is 275 g/mol. The summed E-state index contributed by atoms with van der Waals surface area (Å²) < 4.78 is 12.9. The van der Waals surface area contributed by atoms with E-state index in [1.807, 2.05) is 42.5 Å². The average Bonchev–Trinajstić information content (AvgIpc) is 2.57. The quantitative estimate of drug-likeness (QED) is 0.639. The van der Waals surface area contributed by atoms with E-state index in [1.165, 1.54) is 29.8 Å². The topological polar surface area (TPSA) is 17.1 Å². The zero-order chi connectivity index (χ0) is 15.4. The maximum absolute atomic E-state index is 12.9. The van der Waals surface area contributed by atoms with E-state index in [9.17, 15) is 9.18 Å². The molecule has 0 bridgehead atoms. The van der Waals surface area contributed by atoms with Crippen LogP contribution in [-0.2, 0) is 6.42 Å². The summed E-state index contributed by atoms with van der Waals surface area (Å²) in [6, 6.07) is 23.4. The fourth-order valence-electron chi connectivity index (χ4n) is 2.37. The number of carbonyl (C=O) groups is 1. The average molecular weight is 290 g/mol. The van der Waals surface area contributed by atoms with E-state index in [2.05, 4.69) is 12.1 Å². The third-order valence-corrected chi connectivity index (χ3v) is 3.57. The molecule has 2 heteroatoms. The van der Waals surface area contributed by atoms with Crippen molar-refractivity contribution in [1.29, 1.82) is 0 Å². The minimum Gasteiger partial charge on any atom is -0.289 e. The van der Waals surface area contributed by atoms with Gasteiger partial charge in [0.2, 0.25) is 0 Å². The lowest BCUT2D eigenvalue weighted by Gasteiger charge is -2.05. The van der Waals surface area contributed by atoms with Crippen molar-refractivity contribution in [3.63, 3.8) is 0 Å².